The molecule has 100 valence electrons. The summed E-state index contributed by atoms with van der Waals surface area (Å²) < 4.78 is 5.70. The van der Waals surface area contributed by atoms with Crippen LogP contribution in [-0.2, 0) is 22.4 Å². The molecule has 0 saturated heterocycles. The third-order valence-electron chi connectivity index (χ3n) is 2.68. The van der Waals surface area contributed by atoms with Crippen molar-refractivity contribution in [1.29, 1.82) is 0 Å². The van der Waals surface area contributed by atoms with Crippen molar-refractivity contribution < 1.29 is 9.53 Å². The Kier molecular flexibility index (Phi) is 5.10. The topological polar surface area (TPSA) is 39.2 Å². The molecule has 0 atom stereocenters. The van der Waals surface area contributed by atoms with Gasteiger partial charge in [-0.05, 0) is 17.7 Å². The van der Waals surface area contributed by atoms with Crippen LogP contribution in [0.3, 0.4) is 0 Å². The molecule has 0 N–H and O–H groups in total. The van der Waals surface area contributed by atoms with Crippen LogP contribution in [0.1, 0.15) is 22.7 Å². The number of nitrogens with zero attached hydrogens (tertiary/aromatic N) is 1. The molecule has 0 radical (unpaired) electrons. The number of hydrogen-bond acceptors (Lipinski definition) is 4. The fourth-order valence-electron chi connectivity index (χ4n) is 1.65. The van der Waals surface area contributed by atoms with Gasteiger partial charge in [-0.3, -0.25) is 4.79 Å². The number of benzene rings is 1. The Balaban J connectivity index is 1.93. The van der Waals surface area contributed by atoms with Crippen LogP contribution < -0.4 is 0 Å². The van der Waals surface area contributed by atoms with Gasteiger partial charge in [0.1, 0.15) is 0 Å². The zero-order valence-electron chi connectivity index (χ0n) is 10.6. The highest BCUT2D eigenvalue weighted by molar-refractivity contribution is 9.10. The number of hydrogen-bond donors (Lipinski definition) is 0. The van der Waals surface area contributed by atoms with Gasteiger partial charge in [-0.15, -0.1) is 11.3 Å². The second kappa shape index (κ2) is 6.82. The van der Waals surface area contributed by atoms with Crippen LogP contribution >= 0.6 is 27.3 Å². The normalized spacial score (nSPS) is 10.4. The van der Waals surface area contributed by atoms with Gasteiger partial charge in [0.25, 0.3) is 0 Å². The lowest BCUT2D eigenvalue weighted by molar-refractivity contribution is -0.140. The first-order valence-corrected chi connectivity index (χ1v) is 7.59. The third kappa shape index (κ3) is 4.44. The lowest BCUT2D eigenvalue weighted by Gasteiger charge is -1.98. The highest BCUT2D eigenvalue weighted by atomic mass is 79.9. The minimum Gasteiger partial charge on any atom is -0.469 e. The number of carbonyl (C=O) groups excluding carboxylic acids is 1. The van der Waals surface area contributed by atoms with Crippen molar-refractivity contribution in [2.75, 3.05) is 7.11 Å². The van der Waals surface area contributed by atoms with Gasteiger partial charge in [0.15, 0.2) is 0 Å². The largest absolute Gasteiger partial charge is 0.469 e. The van der Waals surface area contributed by atoms with E-state index in [4.69, 9.17) is 0 Å². The first-order valence-electron chi connectivity index (χ1n) is 5.92. The molecule has 1 heterocycles. The van der Waals surface area contributed by atoms with E-state index >= 15 is 0 Å². The number of ether oxygens (including phenoxy) is 1. The fraction of sp³-hybridized carbons (Fsp3) is 0.286. The second-order valence-corrected chi connectivity index (χ2v) is 5.97. The van der Waals surface area contributed by atoms with Crippen molar-refractivity contribution in [3.63, 3.8) is 0 Å². The van der Waals surface area contributed by atoms with Gasteiger partial charge in [0.2, 0.25) is 0 Å². The fourth-order valence-corrected chi connectivity index (χ4v) is 2.78. The van der Waals surface area contributed by atoms with E-state index in [1.807, 2.05) is 17.5 Å². The molecule has 0 aliphatic heterocycles. The van der Waals surface area contributed by atoms with Crippen molar-refractivity contribution in [3.8, 4) is 0 Å². The first-order chi connectivity index (χ1) is 9.17. The molecule has 0 unspecified atom stereocenters. The summed E-state index contributed by atoms with van der Waals surface area (Å²) in [6.07, 6.45) is 1.86. The number of methoxy groups -OCH3 is 1. The number of esters is 1. The molecule has 1 aromatic carbocycles. The molecule has 19 heavy (non-hydrogen) atoms. The predicted octanol–water partition coefficient (Wildman–Crippen LogP) is 3.60. The molecule has 0 spiro atoms. The Morgan fingerprint density at radius 3 is 2.79 bits per heavy atom. The number of thiazole rings is 1. The van der Waals surface area contributed by atoms with Crippen LogP contribution in [0, 0.1) is 0 Å². The quantitative estimate of drug-likeness (QED) is 0.781. The second-order valence-electron chi connectivity index (χ2n) is 4.11. The maximum absolute atomic E-state index is 11.1. The molecular formula is C14H14BrNO2S. The minimum absolute atomic E-state index is 0.192. The number of rotatable bonds is 5. The summed E-state index contributed by atoms with van der Waals surface area (Å²) >= 11 is 5.05. The lowest BCUT2D eigenvalue weighted by Crippen LogP contribution is -2.02. The Morgan fingerprint density at radius 1 is 1.37 bits per heavy atom. The zero-order valence-corrected chi connectivity index (χ0v) is 13.0. The van der Waals surface area contributed by atoms with Crippen LogP contribution in [0.4, 0.5) is 0 Å². The van der Waals surface area contributed by atoms with Crippen molar-refractivity contribution in [2.45, 2.75) is 19.3 Å². The average molecular weight is 340 g/mol. The summed E-state index contributed by atoms with van der Waals surface area (Å²) in [7, 11) is 1.41. The molecular weight excluding hydrogens is 326 g/mol. The van der Waals surface area contributed by atoms with Gasteiger partial charge < -0.3 is 4.74 Å². The monoisotopic (exact) mass is 339 g/mol. The molecule has 0 bridgehead atoms. The van der Waals surface area contributed by atoms with E-state index in [9.17, 15) is 4.79 Å². The lowest BCUT2D eigenvalue weighted by atomic mass is 10.2. The highest BCUT2D eigenvalue weighted by Crippen LogP contribution is 2.17. The maximum atomic E-state index is 11.1. The molecule has 0 aliphatic rings. The van der Waals surface area contributed by atoms with E-state index in [0.29, 0.717) is 12.8 Å². The molecule has 5 heteroatoms. The van der Waals surface area contributed by atoms with Gasteiger partial charge in [-0.2, -0.15) is 0 Å². The zero-order chi connectivity index (χ0) is 13.7. The predicted molar refractivity (Wildman–Crippen MR) is 79.4 cm³/mol. The molecule has 2 aromatic rings. The Labute approximate surface area is 124 Å². The van der Waals surface area contributed by atoms with Crippen molar-refractivity contribution in [1.82, 2.24) is 4.98 Å². The third-order valence-corrected chi connectivity index (χ3v) is 4.11. The van der Waals surface area contributed by atoms with Crippen molar-refractivity contribution in [3.05, 3.63) is 50.4 Å². The Bertz CT molecular complexity index is 551. The van der Waals surface area contributed by atoms with Crippen LogP contribution in [-0.4, -0.2) is 18.1 Å². The van der Waals surface area contributed by atoms with Crippen LogP contribution in [0.2, 0.25) is 0 Å². The number of aryl methyl sites for hydroxylation is 1. The van der Waals surface area contributed by atoms with Crippen molar-refractivity contribution >= 4 is 33.2 Å². The van der Waals surface area contributed by atoms with E-state index in [-0.39, 0.29) is 5.97 Å². The summed E-state index contributed by atoms with van der Waals surface area (Å²) in [5.41, 5.74) is 2.19. The van der Waals surface area contributed by atoms with Crippen LogP contribution in [0.5, 0.6) is 0 Å². The Hall–Kier alpha value is -1.20. The number of aromatic nitrogens is 1. The number of halogens is 1. The van der Waals surface area contributed by atoms with Gasteiger partial charge in [0, 0.05) is 22.7 Å². The molecule has 0 saturated carbocycles. The molecule has 0 fully saturated rings. The van der Waals surface area contributed by atoms with Gasteiger partial charge in [0.05, 0.1) is 24.2 Å². The van der Waals surface area contributed by atoms with Gasteiger partial charge >= 0.3 is 5.97 Å². The van der Waals surface area contributed by atoms with Crippen LogP contribution in [0.25, 0.3) is 0 Å². The average Bonchev–Trinajstić information content (AvgIpc) is 2.86. The van der Waals surface area contributed by atoms with Crippen LogP contribution in [0.15, 0.2) is 34.1 Å². The van der Waals surface area contributed by atoms with Crippen molar-refractivity contribution in [2.24, 2.45) is 0 Å². The summed E-state index contributed by atoms with van der Waals surface area (Å²) in [5, 5.41) is 3.08. The molecule has 0 amide bonds. The molecule has 3 nitrogen and oxygen atoms in total. The molecule has 2 rings (SSSR count). The Morgan fingerprint density at radius 2 is 2.11 bits per heavy atom. The highest BCUT2D eigenvalue weighted by Gasteiger charge is 2.06. The van der Waals surface area contributed by atoms with E-state index < -0.39 is 0 Å². The van der Waals surface area contributed by atoms with E-state index in [0.717, 1.165) is 21.6 Å². The smallest absolute Gasteiger partial charge is 0.305 e. The van der Waals surface area contributed by atoms with E-state index in [1.54, 1.807) is 11.3 Å². The SMILES string of the molecule is COC(=O)CCc1csc(Cc2ccc(Br)cc2)n1. The summed E-state index contributed by atoms with van der Waals surface area (Å²) in [6.45, 7) is 0. The minimum atomic E-state index is -0.192. The molecule has 0 aliphatic carbocycles. The summed E-state index contributed by atoms with van der Waals surface area (Å²) in [6, 6.07) is 8.22. The van der Waals surface area contributed by atoms with Gasteiger partial charge in [-0.1, -0.05) is 28.1 Å². The van der Waals surface area contributed by atoms with E-state index in [1.165, 1.54) is 12.7 Å². The summed E-state index contributed by atoms with van der Waals surface area (Å²) in [4.78, 5) is 15.6. The number of carbonyl (C=O) groups is 1. The first kappa shape index (κ1) is 14.2. The summed E-state index contributed by atoms with van der Waals surface area (Å²) in [5.74, 6) is -0.192. The maximum Gasteiger partial charge on any atom is 0.305 e. The standard InChI is InChI=1S/C14H14BrNO2S/c1-18-14(17)7-6-12-9-19-13(16-12)8-10-2-4-11(15)5-3-10/h2-5,9H,6-8H2,1H3. The van der Waals surface area contributed by atoms with Gasteiger partial charge in [-0.25, -0.2) is 4.98 Å². The molecule has 1 aromatic heterocycles. The van der Waals surface area contributed by atoms with E-state index in [2.05, 4.69) is 37.8 Å².